The molecule has 0 unspecified atom stereocenters. The maximum atomic E-state index is 11.4. The van der Waals surface area contributed by atoms with Gasteiger partial charge in [0.1, 0.15) is 29.6 Å². The summed E-state index contributed by atoms with van der Waals surface area (Å²) in [7, 11) is 0. The van der Waals surface area contributed by atoms with Crippen LogP contribution in [0.3, 0.4) is 0 Å². The second-order valence-electron chi connectivity index (χ2n) is 8.57. The number of rotatable bonds is 8. The zero-order valence-electron chi connectivity index (χ0n) is 20.0. The molecule has 0 amide bonds. The molecule has 6 rings (SSSR count). The normalized spacial score (nSPS) is 10.8. The molecule has 0 aliphatic carbocycles. The predicted octanol–water partition coefficient (Wildman–Crippen LogP) is 6.08. The number of hydrogen-bond acceptors (Lipinski definition) is 7. The lowest BCUT2D eigenvalue weighted by Crippen LogP contribution is -1.95. The Morgan fingerprint density at radius 3 is 1.58 bits per heavy atom. The highest BCUT2D eigenvalue weighted by Crippen LogP contribution is 2.35. The van der Waals surface area contributed by atoms with Gasteiger partial charge in [0.05, 0.1) is 0 Å². The Morgan fingerprint density at radius 1 is 0.632 bits per heavy atom. The monoisotopic (exact) mass is 499 g/mol. The van der Waals surface area contributed by atoms with E-state index in [1.165, 1.54) is 6.33 Å². The van der Waals surface area contributed by atoms with Gasteiger partial charge in [-0.15, -0.1) is 0 Å². The summed E-state index contributed by atoms with van der Waals surface area (Å²) >= 11 is 0. The fraction of sp³-hybridized carbons (Fsp3) is 0. The van der Waals surface area contributed by atoms with Crippen LogP contribution in [0.4, 0.5) is 23.3 Å². The van der Waals surface area contributed by atoms with Gasteiger partial charge in [-0.3, -0.25) is 14.6 Å². The van der Waals surface area contributed by atoms with Crippen LogP contribution in [0.25, 0.3) is 33.4 Å². The molecule has 2 aliphatic heterocycles. The third-order valence-corrected chi connectivity index (χ3v) is 6.25. The van der Waals surface area contributed by atoms with Gasteiger partial charge < -0.3 is 20.6 Å². The van der Waals surface area contributed by atoms with Crippen molar-refractivity contribution in [1.82, 2.24) is 24.9 Å². The molecule has 2 aliphatic rings. The van der Waals surface area contributed by atoms with Crippen molar-refractivity contribution in [2.75, 3.05) is 10.6 Å². The third kappa shape index (κ3) is 4.28. The number of H-pyrrole nitrogens is 2. The summed E-state index contributed by atoms with van der Waals surface area (Å²) in [6, 6.07) is 18.7. The first-order valence-corrected chi connectivity index (χ1v) is 11.8. The molecule has 4 aromatic rings. The number of nitrogens with one attached hydrogen (secondary N) is 4. The van der Waals surface area contributed by atoms with E-state index in [1.54, 1.807) is 24.5 Å². The van der Waals surface area contributed by atoms with Crippen molar-refractivity contribution < 1.29 is 9.59 Å². The van der Waals surface area contributed by atoms with E-state index >= 15 is 0 Å². The zero-order valence-corrected chi connectivity index (χ0v) is 20.0. The molecule has 0 bridgehead atoms. The minimum Gasteiger partial charge on any atom is -0.348 e. The summed E-state index contributed by atoms with van der Waals surface area (Å²) in [5, 5.41) is 6.61. The number of hydrogen-bond donors (Lipinski definition) is 4. The fourth-order valence-corrected chi connectivity index (χ4v) is 4.41. The van der Waals surface area contributed by atoms with E-state index < -0.39 is 0 Å². The highest BCUT2D eigenvalue weighted by atomic mass is 16.1. The van der Waals surface area contributed by atoms with E-state index in [-0.39, 0.29) is 0 Å². The number of fused-ring (bicyclic) bond motifs is 1. The first-order chi connectivity index (χ1) is 18.7. The number of anilines is 4. The number of aromatic amines is 2. The molecule has 2 aromatic carbocycles. The van der Waals surface area contributed by atoms with E-state index in [1.807, 2.05) is 60.9 Å². The van der Waals surface area contributed by atoms with Crippen molar-refractivity contribution in [3.05, 3.63) is 103 Å². The average molecular weight is 500 g/mol. The van der Waals surface area contributed by atoms with Crippen molar-refractivity contribution in [3.8, 4) is 33.4 Å². The zero-order chi connectivity index (χ0) is 25.9. The molecule has 4 N–H and O–H groups in total. The Hall–Kier alpha value is -5.57. The van der Waals surface area contributed by atoms with Gasteiger partial charge in [-0.05, 0) is 23.3 Å². The van der Waals surface area contributed by atoms with E-state index in [2.05, 4.69) is 35.6 Å². The molecule has 0 saturated heterocycles. The summed E-state index contributed by atoms with van der Waals surface area (Å²) < 4.78 is 0. The molecular weight excluding hydrogens is 478 g/mol. The number of carbonyl (C=O) groups excluding carboxylic acids is 2. The van der Waals surface area contributed by atoms with Crippen LogP contribution in [-0.4, -0.2) is 37.5 Å². The molecule has 4 heterocycles. The van der Waals surface area contributed by atoms with Crippen LogP contribution in [0, 0.1) is 0 Å². The average Bonchev–Trinajstić information content (AvgIpc) is 3.71. The summed E-state index contributed by atoms with van der Waals surface area (Å²) in [5.74, 6) is 2.56. The van der Waals surface area contributed by atoms with Crippen molar-refractivity contribution in [2.45, 2.75) is 0 Å². The lowest BCUT2D eigenvalue weighted by molar-refractivity contribution is 0.111. The molecule has 9 heteroatoms. The van der Waals surface area contributed by atoms with Gasteiger partial charge in [-0.2, -0.15) is 0 Å². The minimum absolute atomic E-state index is 0.571. The topological polar surface area (TPSA) is 128 Å². The summed E-state index contributed by atoms with van der Waals surface area (Å²) in [6.07, 6.45) is 10.3. The highest BCUT2D eigenvalue weighted by molar-refractivity contribution is 5.90. The van der Waals surface area contributed by atoms with Crippen molar-refractivity contribution in [1.29, 1.82) is 0 Å². The number of aromatic nitrogens is 5. The standard InChI is InChI=1S/C29H21N7O2/c37-15-18-5-1-3-7-22(18)20-9-26(31-11-20)35-28-24-13-30-14-25(24)29(34-17-33-28)36-27-10-21(12-32-27)23-8-4-2-6-19(23)16-38/h1-17,31-32H,(H2,33,34,35,36). The van der Waals surface area contributed by atoms with Crippen molar-refractivity contribution in [2.24, 2.45) is 0 Å². The Balaban J connectivity index is 1.26. The minimum atomic E-state index is 0.571. The Morgan fingerprint density at radius 2 is 1.11 bits per heavy atom. The maximum Gasteiger partial charge on any atom is 0.150 e. The van der Waals surface area contributed by atoms with Gasteiger partial charge in [-0.1, -0.05) is 48.5 Å². The van der Waals surface area contributed by atoms with E-state index in [9.17, 15) is 9.59 Å². The van der Waals surface area contributed by atoms with Gasteiger partial charge in [0, 0.05) is 58.2 Å². The van der Waals surface area contributed by atoms with Crippen LogP contribution in [0.2, 0.25) is 0 Å². The fourth-order valence-electron chi connectivity index (χ4n) is 4.41. The Labute approximate surface area is 217 Å². The van der Waals surface area contributed by atoms with Crippen LogP contribution in [0.5, 0.6) is 0 Å². The second kappa shape index (κ2) is 9.82. The van der Waals surface area contributed by atoms with Crippen LogP contribution in [-0.2, 0) is 0 Å². The highest BCUT2D eigenvalue weighted by Gasteiger charge is 2.17. The van der Waals surface area contributed by atoms with Gasteiger partial charge in [0.2, 0.25) is 0 Å². The van der Waals surface area contributed by atoms with Crippen LogP contribution < -0.4 is 10.6 Å². The first-order valence-electron chi connectivity index (χ1n) is 11.8. The van der Waals surface area contributed by atoms with Gasteiger partial charge in [0.25, 0.3) is 0 Å². The number of benzene rings is 2. The predicted molar refractivity (Wildman–Crippen MR) is 146 cm³/mol. The van der Waals surface area contributed by atoms with Crippen LogP contribution in [0.1, 0.15) is 20.7 Å². The smallest absolute Gasteiger partial charge is 0.150 e. The molecular formula is C29H21N7O2. The van der Waals surface area contributed by atoms with E-state index in [0.717, 1.165) is 46.0 Å². The second-order valence-corrected chi connectivity index (χ2v) is 8.57. The van der Waals surface area contributed by atoms with Crippen molar-refractivity contribution in [3.63, 3.8) is 0 Å². The van der Waals surface area contributed by atoms with E-state index in [4.69, 9.17) is 0 Å². The maximum absolute atomic E-state index is 11.4. The molecule has 38 heavy (non-hydrogen) atoms. The lowest BCUT2D eigenvalue weighted by atomic mass is 10.0. The number of aldehydes is 2. The molecule has 0 fully saturated rings. The Bertz CT molecular complexity index is 1610. The summed E-state index contributed by atoms with van der Waals surface area (Å²) in [6.45, 7) is 0. The summed E-state index contributed by atoms with van der Waals surface area (Å²) in [5.41, 5.74) is 6.22. The number of nitrogens with zero attached hydrogens (tertiary/aromatic N) is 3. The van der Waals surface area contributed by atoms with Gasteiger partial charge in [-0.25, -0.2) is 9.97 Å². The van der Waals surface area contributed by atoms with Gasteiger partial charge in [0.15, 0.2) is 12.6 Å². The largest absolute Gasteiger partial charge is 0.348 e. The SMILES string of the molecule is O=Cc1ccccc1-c1c[nH]c(Nc2ncnc(Nc3cc(-c4ccccc4C=O)c[nH]3)c3cncc2-3)c1. The van der Waals surface area contributed by atoms with Gasteiger partial charge >= 0.3 is 0 Å². The molecule has 2 aromatic heterocycles. The first kappa shape index (κ1) is 22.9. The molecule has 184 valence electrons. The molecule has 0 atom stereocenters. The molecule has 0 spiro atoms. The van der Waals surface area contributed by atoms with E-state index in [0.29, 0.717) is 34.4 Å². The lowest BCUT2D eigenvalue weighted by Gasteiger charge is -2.07. The molecule has 9 nitrogen and oxygen atoms in total. The Kier molecular flexibility index (Phi) is 5.91. The summed E-state index contributed by atoms with van der Waals surface area (Å²) in [4.78, 5) is 42.6. The van der Waals surface area contributed by atoms with Crippen LogP contribution >= 0.6 is 0 Å². The van der Waals surface area contributed by atoms with Crippen molar-refractivity contribution >= 4 is 35.8 Å². The third-order valence-electron chi connectivity index (χ3n) is 6.25. The van der Waals surface area contributed by atoms with Crippen LogP contribution in [0.15, 0.2) is 91.8 Å². The molecule has 0 saturated carbocycles. The molecule has 0 radical (unpaired) electrons. The quantitative estimate of drug-likeness (QED) is 0.187. The number of carbonyl (C=O) groups is 2.